The van der Waals surface area contributed by atoms with Gasteiger partial charge in [0.15, 0.2) is 0 Å². The fraction of sp³-hybridized carbons (Fsp3) is 0.636. The molecule has 0 aliphatic carbocycles. The van der Waals surface area contributed by atoms with E-state index < -0.39 is 0 Å². The van der Waals surface area contributed by atoms with Gasteiger partial charge >= 0.3 is 0 Å². The summed E-state index contributed by atoms with van der Waals surface area (Å²) in [5.41, 5.74) is 2.52. The molecule has 0 nitrogen and oxygen atoms in total. The molecule has 1 rings (SSSR count). The summed E-state index contributed by atoms with van der Waals surface area (Å²) in [6.07, 6.45) is 7.14. The third-order valence-electron chi connectivity index (χ3n) is 2.62. The first-order chi connectivity index (χ1) is 5.83. The number of hydrogen-bond donors (Lipinski definition) is 0. The first-order valence-electron chi connectivity index (χ1n) is 4.91. The third kappa shape index (κ3) is 1.98. The van der Waals surface area contributed by atoms with Crippen LogP contribution in [0.15, 0.2) is 23.5 Å². The van der Waals surface area contributed by atoms with Crippen molar-refractivity contribution in [2.45, 2.75) is 39.3 Å². The Balaban J connectivity index is 2.63. The molecular weight excluding hydrogens is 163 g/mol. The van der Waals surface area contributed by atoms with Crippen LogP contribution in [0.2, 0.25) is 0 Å². The van der Waals surface area contributed by atoms with Crippen molar-refractivity contribution in [1.82, 2.24) is 0 Å². The average molecular weight is 182 g/mol. The highest BCUT2D eigenvalue weighted by Gasteiger charge is 2.24. The van der Waals surface area contributed by atoms with Gasteiger partial charge in [-0.05, 0) is 25.7 Å². The molecule has 1 heteroatoms. The SMILES string of the molecule is CC=CC1PC=C(CC)C1CC. The molecule has 68 valence electrons. The van der Waals surface area contributed by atoms with Gasteiger partial charge in [0, 0.05) is 5.66 Å². The van der Waals surface area contributed by atoms with Crippen molar-refractivity contribution in [3.63, 3.8) is 0 Å². The normalized spacial score (nSPS) is 31.8. The van der Waals surface area contributed by atoms with Gasteiger partial charge < -0.3 is 0 Å². The molecule has 0 bridgehead atoms. The lowest BCUT2D eigenvalue weighted by Crippen LogP contribution is -2.10. The van der Waals surface area contributed by atoms with Crippen molar-refractivity contribution < 1.29 is 0 Å². The standard InChI is InChI=1S/C11H19P/c1-4-7-11-10(6-3)9(5-2)8-12-11/h4,7-8,10-12H,5-6H2,1-3H3. The Bertz CT molecular complexity index is 191. The van der Waals surface area contributed by atoms with Crippen molar-refractivity contribution in [3.8, 4) is 0 Å². The van der Waals surface area contributed by atoms with Crippen LogP contribution in [0.3, 0.4) is 0 Å². The van der Waals surface area contributed by atoms with E-state index in [0.717, 1.165) is 20.2 Å². The maximum Gasteiger partial charge on any atom is 0.00430 e. The van der Waals surface area contributed by atoms with Crippen LogP contribution < -0.4 is 0 Å². The molecule has 0 saturated carbocycles. The van der Waals surface area contributed by atoms with Crippen molar-refractivity contribution in [2.24, 2.45) is 5.92 Å². The largest absolute Gasteiger partial charge is 0.0910 e. The van der Waals surface area contributed by atoms with Gasteiger partial charge in [-0.3, -0.25) is 0 Å². The molecule has 0 amide bonds. The maximum absolute atomic E-state index is 2.47. The van der Waals surface area contributed by atoms with Crippen LogP contribution in [0.25, 0.3) is 0 Å². The molecule has 1 heterocycles. The van der Waals surface area contributed by atoms with Crippen LogP contribution in [0, 0.1) is 5.92 Å². The Kier molecular flexibility index (Phi) is 4.01. The van der Waals surface area contributed by atoms with E-state index in [-0.39, 0.29) is 0 Å². The van der Waals surface area contributed by atoms with E-state index >= 15 is 0 Å². The van der Waals surface area contributed by atoms with Crippen molar-refractivity contribution >= 4 is 8.58 Å². The zero-order chi connectivity index (χ0) is 8.97. The molecule has 1 aliphatic rings. The summed E-state index contributed by atoms with van der Waals surface area (Å²) in [7, 11) is 1.03. The van der Waals surface area contributed by atoms with Crippen molar-refractivity contribution in [3.05, 3.63) is 23.5 Å². The lowest BCUT2D eigenvalue weighted by molar-refractivity contribution is 0.603. The zero-order valence-corrected chi connectivity index (χ0v) is 9.30. The molecule has 0 aromatic rings. The van der Waals surface area contributed by atoms with E-state index in [2.05, 4.69) is 38.7 Å². The smallest absolute Gasteiger partial charge is 0.00430 e. The van der Waals surface area contributed by atoms with Crippen LogP contribution in [0.1, 0.15) is 33.6 Å². The fourth-order valence-electron chi connectivity index (χ4n) is 1.93. The Morgan fingerprint density at radius 2 is 2.25 bits per heavy atom. The number of allylic oxidation sites excluding steroid dienone is 3. The minimum atomic E-state index is 0.829. The lowest BCUT2D eigenvalue weighted by Gasteiger charge is -2.17. The summed E-state index contributed by atoms with van der Waals surface area (Å²) >= 11 is 0. The highest BCUT2D eigenvalue weighted by molar-refractivity contribution is 7.43. The van der Waals surface area contributed by atoms with E-state index in [1.54, 1.807) is 5.57 Å². The number of hydrogen-bond acceptors (Lipinski definition) is 0. The van der Waals surface area contributed by atoms with E-state index in [0.29, 0.717) is 0 Å². The van der Waals surface area contributed by atoms with E-state index in [1.165, 1.54) is 12.8 Å². The lowest BCUT2D eigenvalue weighted by atomic mass is 9.92. The molecule has 0 spiro atoms. The summed E-state index contributed by atoms with van der Waals surface area (Å²) < 4.78 is 0. The first kappa shape index (κ1) is 9.99. The summed E-state index contributed by atoms with van der Waals surface area (Å²) in [6.45, 7) is 6.71. The van der Waals surface area contributed by atoms with Crippen molar-refractivity contribution in [2.75, 3.05) is 0 Å². The van der Waals surface area contributed by atoms with Crippen LogP contribution in [0.5, 0.6) is 0 Å². The Labute approximate surface area is 77.9 Å². The highest BCUT2D eigenvalue weighted by atomic mass is 31.1. The minimum Gasteiger partial charge on any atom is -0.0910 e. The molecule has 0 radical (unpaired) electrons. The second-order valence-corrected chi connectivity index (χ2v) is 4.59. The number of rotatable bonds is 3. The predicted octanol–water partition coefficient (Wildman–Crippen LogP) is 3.94. The van der Waals surface area contributed by atoms with Crippen LogP contribution >= 0.6 is 8.58 Å². The summed E-state index contributed by atoms with van der Waals surface area (Å²) in [5, 5.41) is 0. The second kappa shape index (κ2) is 4.82. The van der Waals surface area contributed by atoms with Crippen LogP contribution in [-0.4, -0.2) is 5.66 Å². The van der Waals surface area contributed by atoms with Crippen LogP contribution in [0.4, 0.5) is 0 Å². The Hall–Kier alpha value is -0.0900. The molecule has 0 aromatic carbocycles. The van der Waals surface area contributed by atoms with E-state index in [1.807, 2.05) is 0 Å². The van der Waals surface area contributed by atoms with E-state index in [4.69, 9.17) is 0 Å². The van der Waals surface area contributed by atoms with Crippen LogP contribution in [-0.2, 0) is 0 Å². The minimum absolute atomic E-state index is 0.829. The van der Waals surface area contributed by atoms with Gasteiger partial charge in [-0.15, -0.1) is 0 Å². The van der Waals surface area contributed by atoms with Gasteiger partial charge in [-0.1, -0.05) is 46.0 Å². The molecular formula is C11H19P. The molecule has 0 saturated heterocycles. The van der Waals surface area contributed by atoms with E-state index in [9.17, 15) is 0 Å². The third-order valence-corrected chi connectivity index (χ3v) is 4.14. The Morgan fingerprint density at radius 1 is 1.50 bits per heavy atom. The molecule has 0 fully saturated rings. The quantitative estimate of drug-likeness (QED) is 0.458. The van der Waals surface area contributed by atoms with Gasteiger partial charge in [-0.2, -0.15) is 0 Å². The summed E-state index contributed by atoms with van der Waals surface area (Å²) in [4.78, 5) is 0. The van der Waals surface area contributed by atoms with Gasteiger partial charge in [-0.25, -0.2) is 0 Å². The highest BCUT2D eigenvalue weighted by Crippen LogP contribution is 2.44. The van der Waals surface area contributed by atoms with Gasteiger partial charge in [0.2, 0.25) is 0 Å². The maximum atomic E-state index is 2.47. The molecule has 0 aromatic heterocycles. The fourth-order valence-corrected chi connectivity index (χ4v) is 3.74. The molecule has 0 N–H and O–H groups in total. The summed E-state index contributed by atoms with van der Waals surface area (Å²) in [5.74, 6) is 3.32. The zero-order valence-electron chi connectivity index (χ0n) is 8.30. The molecule has 3 unspecified atom stereocenters. The average Bonchev–Trinajstić information content (AvgIpc) is 2.47. The monoisotopic (exact) mass is 182 g/mol. The van der Waals surface area contributed by atoms with Gasteiger partial charge in [0.25, 0.3) is 0 Å². The van der Waals surface area contributed by atoms with Gasteiger partial charge in [0.05, 0.1) is 0 Å². The topological polar surface area (TPSA) is 0 Å². The first-order valence-corrected chi connectivity index (χ1v) is 6.06. The molecule has 12 heavy (non-hydrogen) atoms. The molecule has 3 atom stereocenters. The van der Waals surface area contributed by atoms with Gasteiger partial charge in [0.1, 0.15) is 0 Å². The van der Waals surface area contributed by atoms with Crippen molar-refractivity contribution in [1.29, 1.82) is 0 Å². The Morgan fingerprint density at radius 3 is 2.75 bits per heavy atom. The summed E-state index contributed by atoms with van der Waals surface area (Å²) in [6, 6.07) is 0. The second-order valence-electron chi connectivity index (χ2n) is 3.31. The molecule has 1 aliphatic heterocycles. The predicted molar refractivity (Wildman–Crippen MR) is 59.1 cm³/mol.